The zero-order chi connectivity index (χ0) is 19.8. The molecule has 2 aromatic rings. The van der Waals surface area contributed by atoms with E-state index in [1.54, 1.807) is 36.4 Å². The fourth-order valence-corrected chi connectivity index (χ4v) is 2.32. The van der Waals surface area contributed by atoms with Crippen molar-refractivity contribution in [2.24, 2.45) is 0 Å². The van der Waals surface area contributed by atoms with E-state index in [2.05, 4.69) is 10.6 Å². The monoisotopic (exact) mass is 372 g/mol. The van der Waals surface area contributed by atoms with Gasteiger partial charge in [0.25, 0.3) is 5.91 Å². The Kier molecular flexibility index (Phi) is 7.05. The van der Waals surface area contributed by atoms with E-state index in [0.717, 1.165) is 0 Å². The number of methoxy groups -OCH3 is 2. The average molecular weight is 372 g/mol. The summed E-state index contributed by atoms with van der Waals surface area (Å²) in [5, 5.41) is 5.32. The fourth-order valence-electron chi connectivity index (χ4n) is 2.32. The summed E-state index contributed by atoms with van der Waals surface area (Å²) in [6.45, 7) is 3.62. The van der Waals surface area contributed by atoms with Gasteiger partial charge in [-0.3, -0.25) is 9.59 Å². The number of carbonyl (C=O) groups is 2. The Labute approximate surface area is 158 Å². The first kappa shape index (κ1) is 20.1. The van der Waals surface area contributed by atoms with Gasteiger partial charge < -0.3 is 24.8 Å². The number of hydrogen-bond donors (Lipinski definition) is 2. The van der Waals surface area contributed by atoms with Crippen molar-refractivity contribution in [3.8, 4) is 17.2 Å². The molecule has 0 heterocycles. The average Bonchev–Trinajstić information content (AvgIpc) is 2.66. The van der Waals surface area contributed by atoms with E-state index in [1.165, 1.54) is 14.2 Å². The van der Waals surface area contributed by atoms with Crippen LogP contribution in [0.4, 0.5) is 5.69 Å². The third-order valence-corrected chi connectivity index (χ3v) is 3.55. The molecule has 0 aliphatic heterocycles. The Morgan fingerprint density at radius 3 is 2.22 bits per heavy atom. The Balaban J connectivity index is 1.99. The molecule has 0 atom stereocenters. The molecule has 2 rings (SSSR count). The molecule has 2 aromatic carbocycles. The van der Waals surface area contributed by atoms with Crippen LogP contribution >= 0.6 is 0 Å². The number of para-hydroxylation sites is 2. The first-order valence-corrected chi connectivity index (χ1v) is 8.49. The number of amides is 2. The molecule has 0 saturated heterocycles. The van der Waals surface area contributed by atoms with Crippen molar-refractivity contribution >= 4 is 17.5 Å². The molecule has 0 aromatic heterocycles. The highest BCUT2D eigenvalue weighted by atomic mass is 16.5. The summed E-state index contributed by atoms with van der Waals surface area (Å²) in [4.78, 5) is 24.5. The summed E-state index contributed by atoms with van der Waals surface area (Å²) in [5.41, 5.74) is 0.885. The van der Waals surface area contributed by atoms with E-state index >= 15 is 0 Å². The van der Waals surface area contributed by atoms with Gasteiger partial charge in [-0.05, 0) is 38.1 Å². The predicted molar refractivity (Wildman–Crippen MR) is 103 cm³/mol. The van der Waals surface area contributed by atoms with Crippen LogP contribution in [0.3, 0.4) is 0 Å². The van der Waals surface area contributed by atoms with Gasteiger partial charge in [0.15, 0.2) is 0 Å². The van der Waals surface area contributed by atoms with Gasteiger partial charge in [0.05, 0.1) is 32.6 Å². The lowest BCUT2D eigenvalue weighted by Gasteiger charge is -2.15. The Bertz CT molecular complexity index is 782. The van der Waals surface area contributed by atoms with Crippen LogP contribution in [-0.4, -0.2) is 38.7 Å². The van der Waals surface area contributed by atoms with E-state index in [4.69, 9.17) is 14.2 Å². The van der Waals surface area contributed by atoms with Gasteiger partial charge in [0.2, 0.25) is 5.91 Å². The Morgan fingerprint density at radius 2 is 1.63 bits per heavy atom. The van der Waals surface area contributed by atoms with Crippen LogP contribution in [0, 0.1) is 0 Å². The van der Waals surface area contributed by atoms with Gasteiger partial charge in [0.1, 0.15) is 17.2 Å². The molecule has 2 N–H and O–H groups in total. The van der Waals surface area contributed by atoms with Crippen molar-refractivity contribution in [3.63, 3.8) is 0 Å². The zero-order valence-corrected chi connectivity index (χ0v) is 15.9. The molecular formula is C20H24N2O5. The number of nitrogens with one attached hydrogen (secondary N) is 2. The first-order chi connectivity index (χ1) is 12.9. The van der Waals surface area contributed by atoms with E-state index in [0.29, 0.717) is 28.5 Å². The van der Waals surface area contributed by atoms with Crippen molar-refractivity contribution in [1.82, 2.24) is 5.32 Å². The van der Waals surface area contributed by atoms with Gasteiger partial charge in [-0.25, -0.2) is 0 Å². The zero-order valence-electron chi connectivity index (χ0n) is 15.9. The standard InChI is InChI=1S/C20H24N2O5/c1-13(2)27-18-8-6-5-7-17(18)22-19(23)12-21-20(24)14-9-15(25-3)11-16(10-14)26-4/h5-11,13H,12H2,1-4H3,(H,21,24)(H,22,23). The first-order valence-electron chi connectivity index (χ1n) is 8.49. The topological polar surface area (TPSA) is 85.9 Å². The third kappa shape index (κ3) is 5.91. The van der Waals surface area contributed by atoms with Crippen LogP contribution in [0.15, 0.2) is 42.5 Å². The molecule has 0 radical (unpaired) electrons. The summed E-state index contributed by atoms with van der Waals surface area (Å²) in [5.74, 6) is 0.782. The van der Waals surface area contributed by atoms with Crippen LogP contribution in [0.25, 0.3) is 0 Å². The molecule has 144 valence electrons. The molecule has 0 aliphatic carbocycles. The number of anilines is 1. The van der Waals surface area contributed by atoms with Gasteiger partial charge in [-0.1, -0.05) is 12.1 Å². The summed E-state index contributed by atoms with van der Waals surface area (Å²) in [6.07, 6.45) is -0.0224. The molecular weight excluding hydrogens is 348 g/mol. The van der Waals surface area contributed by atoms with Gasteiger partial charge in [-0.2, -0.15) is 0 Å². The van der Waals surface area contributed by atoms with Crippen LogP contribution in [0.5, 0.6) is 17.2 Å². The number of carbonyl (C=O) groups excluding carboxylic acids is 2. The second-order valence-electron chi connectivity index (χ2n) is 5.99. The molecule has 7 heteroatoms. The second-order valence-corrected chi connectivity index (χ2v) is 5.99. The highest BCUT2D eigenvalue weighted by molar-refractivity contribution is 6.00. The van der Waals surface area contributed by atoms with Crippen molar-refractivity contribution in [1.29, 1.82) is 0 Å². The summed E-state index contributed by atoms with van der Waals surface area (Å²) < 4.78 is 15.9. The molecule has 7 nitrogen and oxygen atoms in total. The molecule has 27 heavy (non-hydrogen) atoms. The lowest BCUT2D eigenvalue weighted by molar-refractivity contribution is -0.115. The number of hydrogen-bond acceptors (Lipinski definition) is 5. The van der Waals surface area contributed by atoms with E-state index < -0.39 is 5.91 Å². The van der Waals surface area contributed by atoms with Gasteiger partial charge >= 0.3 is 0 Å². The smallest absolute Gasteiger partial charge is 0.251 e. The number of benzene rings is 2. The van der Waals surface area contributed by atoms with Crippen molar-refractivity contribution in [2.75, 3.05) is 26.1 Å². The maximum Gasteiger partial charge on any atom is 0.251 e. The van der Waals surface area contributed by atoms with Crippen LogP contribution in [0.2, 0.25) is 0 Å². The number of ether oxygens (including phenoxy) is 3. The predicted octanol–water partition coefficient (Wildman–Crippen LogP) is 2.86. The summed E-state index contributed by atoms with van der Waals surface area (Å²) in [7, 11) is 3.00. The minimum atomic E-state index is -0.408. The normalized spacial score (nSPS) is 10.3. The minimum Gasteiger partial charge on any atom is -0.497 e. The van der Waals surface area contributed by atoms with Gasteiger partial charge in [0, 0.05) is 11.6 Å². The lowest BCUT2D eigenvalue weighted by Crippen LogP contribution is -2.33. The second kappa shape index (κ2) is 9.47. The Hall–Kier alpha value is -3.22. The fraction of sp³-hybridized carbons (Fsp3) is 0.300. The molecule has 0 bridgehead atoms. The largest absolute Gasteiger partial charge is 0.497 e. The number of rotatable bonds is 8. The highest BCUT2D eigenvalue weighted by Crippen LogP contribution is 2.25. The van der Waals surface area contributed by atoms with Crippen molar-refractivity contribution < 1.29 is 23.8 Å². The molecule has 0 spiro atoms. The SMILES string of the molecule is COc1cc(OC)cc(C(=O)NCC(=O)Nc2ccccc2OC(C)C)c1. The van der Waals surface area contributed by atoms with Crippen LogP contribution < -0.4 is 24.8 Å². The molecule has 0 fully saturated rings. The maximum absolute atomic E-state index is 12.3. The summed E-state index contributed by atoms with van der Waals surface area (Å²) in [6, 6.07) is 11.9. The van der Waals surface area contributed by atoms with Crippen molar-refractivity contribution in [2.45, 2.75) is 20.0 Å². The van der Waals surface area contributed by atoms with Gasteiger partial charge in [-0.15, -0.1) is 0 Å². The summed E-state index contributed by atoms with van der Waals surface area (Å²) >= 11 is 0. The maximum atomic E-state index is 12.3. The molecule has 2 amide bonds. The molecule has 0 aliphatic rings. The van der Waals surface area contributed by atoms with Crippen LogP contribution in [0.1, 0.15) is 24.2 Å². The lowest BCUT2D eigenvalue weighted by atomic mass is 10.2. The van der Waals surface area contributed by atoms with E-state index in [9.17, 15) is 9.59 Å². The van der Waals surface area contributed by atoms with E-state index in [1.807, 2.05) is 19.9 Å². The quantitative estimate of drug-likeness (QED) is 0.744. The van der Waals surface area contributed by atoms with E-state index in [-0.39, 0.29) is 18.6 Å². The Morgan fingerprint density at radius 1 is 1.00 bits per heavy atom. The molecule has 0 saturated carbocycles. The van der Waals surface area contributed by atoms with Crippen molar-refractivity contribution in [3.05, 3.63) is 48.0 Å². The highest BCUT2D eigenvalue weighted by Gasteiger charge is 2.13. The minimum absolute atomic E-state index is 0.0224. The molecule has 0 unspecified atom stereocenters. The van der Waals surface area contributed by atoms with Crippen LogP contribution in [-0.2, 0) is 4.79 Å². The third-order valence-electron chi connectivity index (χ3n) is 3.55.